The highest BCUT2D eigenvalue weighted by atomic mass is 32.1. The number of carbonyl (C=O) groups excluding carboxylic acids is 1. The molecule has 5 heteroatoms. The standard InChI is InChI=1S/C12H19N3OS/c1-10-7-13-4-5-15(10)9-12(16)14-8-11-3-2-6-17-11/h2-3,6,10,13H,4-5,7-9H2,1H3,(H,14,16). The van der Waals surface area contributed by atoms with Gasteiger partial charge in [-0.2, -0.15) is 0 Å². The summed E-state index contributed by atoms with van der Waals surface area (Å²) < 4.78 is 0. The Bertz CT molecular complexity index is 353. The first-order valence-corrected chi connectivity index (χ1v) is 6.87. The normalized spacial score (nSPS) is 21.4. The number of nitrogens with zero attached hydrogens (tertiary/aromatic N) is 1. The third-order valence-electron chi connectivity index (χ3n) is 3.03. The van der Waals surface area contributed by atoms with Crippen LogP contribution in [-0.4, -0.2) is 43.0 Å². The minimum atomic E-state index is 0.118. The van der Waals surface area contributed by atoms with E-state index in [-0.39, 0.29) is 5.91 Å². The van der Waals surface area contributed by atoms with Crippen LogP contribution in [0, 0.1) is 0 Å². The first-order valence-electron chi connectivity index (χ1n) is 5.99. The number of thiophene rings is 1. The zero-order chi connectivity index (χ0) is 12.1. The minimum Gasteiger partial charge on any atom is -0.350 e. The van der Waals surface area contributed by atoms with Gasteiger partial charge < -0.3 is 10.6 Å². The largest absolute Gasteiger partial charge is 0.350 e. The zero-order valence-electron chi connectivity index (χ0n) is 10.1. The molecule has 1 saturated heterocycles. The van der Waals surface area contributed by atoms with E-state index < -0.39 is 0 Å². The Balaban J connectivity index is 1.73. The van der Waals surface area contributed by atoms with Crippen LogP contribution in [0.1, 0.15) is 11.8 Å². The van der Waals surface area contributed by atoms with Gasteiger partial charge in [0, 0.05) is 30.6 Å². The Hall–Kier alpha value is -0.910. The molecule has 1 aromatic heterocycles. The molecule has 2 N–H and O–H groups in total. The summed E-state index contributed by atoms with van der Waals surface area (Å²) in [5.74, 6) is 0.118. The Morgan fingerprint density at radius 3 is 3.29 bits per heavy atom. The van der Waals surface area contributed by atoms with Crippen molar-refractivity contribution in [3.8, 4) is 0 Å². The monoisotopic (exact) mass is 253 g/mol. The molecular weight excluding hydrogens is 234 g/mol. The summed E-state index contributed by atoms with van der Waals surface area (Å²) in [6.07, 6.45) is 0. The molecule has 17 heavy (non-hydrogen) atoms. The molecule has 4 nitrogen and oxygen atoms in total. The molecule has 1 aliphatic heterocycles. The molecule has 2 rings (SSSR count). The fourth-order valence-electron chi connectivity index (χ4n) is 1.96. The first-order chi connectivity index (χ1) is 8.25. The molecular formula is C12H19N3OS. The molecule has 1 amide bonds. The summed E-state index contributed by atoms with van der Waals surface area (Å²) >= 11 is 1.67. The van der Waals surface area contributed by atoms with E-state index in [4.69, 9.17) is 0 Å². The molecule has 0 bridgehead atoms. The quantitative estimate of drug-likeness (QED) is 0.828. The Morgan fingerprint density at radius 2 is 2.59 bits per heavy atom. The fraction of sp³-hybridized carbons (Fsp3) is 0.583. The molecule has 1 fully saturated rings. The van der Waals surface area contributed by atoms with Gasteiger partial charge in [0.2, 0.25) is 5.91 Å². The van der Waals surface area contributed by atoms with Crippen LogP contribution in [0.4, 0.5) is 0 Å². The average molecular weight is 253 g/mol. The maximum atomic E-state index is 11.8. The van der Waals surface area contributed by atoms with Gasteiger partial charge >= 0.3 is 0 Å². The van der Waals surface area contributed by atoms with Crippen molar-refractivity contribution >= 4 is 17.2 Å². The van der Waals surface area contributed by atoms with Gasteiger partial charge in [0.1, 0.15) is 0 Å². The van der Waals surface area contributed by atoms with Crippen LogP contribution < -0.4 is 10.6 Å². The van der Waals surface area contributed by atoms with Crippen LogP contribution in [0.15, 0.2) is 17.5 Å². The van der Waals surface area contributed by atoms with Gasteiger partial charge in [-0.15, -0.1) is 11.3 Å². The minimum absolute atomic E-state index is 0.118. The van der Waals surface area contributed by atoms with Gasteiger partial charge in [-0.05, 0) is 18.4 Å². The second-order valence-corrected chi connectivity index (χ2v) is 5.41. The summed E-state index contributed by atoms with van der Waals surface area (Å²) in [6, 6.07) is 4.49. The van der Waals surface area contributed by atoms with E-state index in [1.54, 1.807) is 11.3 Å². The zero-order valence-corrected chi connectivity index (χ0v) is 10.9. The lowest BCUT2D eigenvalue weighted by molar-refractivity contribution is -0.123. The lowest BCUT2D eigenvalue weighted by Gasteiger charge is -2.33. The van der Waals surface area contributed by atoms with Gasteiger partial charge in [-0.3, -0.25) is 9.69 Å². The van der Waals surface area contributed by atoms with E-state index in [9.17, 15) is 4.79 Å². The van der Waals surface area contributed by atoms with Crippen molar-refractivity contribution in [1.82, 2.24) is 15.5 Å². The van der Waals surface area contributed by atoms with Gasteiger partial charge in [0.25, 0.3) is 0 Å². The maximum Gasteiger partial charge on any atom is 0.234 e. The van der Waals surface area contributed by atoms with Crippen molar-refractivity contribution in [2.24, 2.45) is 0 Å². The van der Waals surface area contributed by atoms with Crippen LogP contribution in [-0.2, 0) is 11.3 Å². The summed E-state index contributed by atoms with van der Waals surface area (Å²) in [5, 5.41) is 8.31. The number of hydrogen-bond acceptors (Lipinski definition) is 4. The summed E-state index contributed by atoms with van der Waals surface area (Å²) in [4.78, 5) is 15.2. The lowest BCUT2D eigenvalue weighted by atomic mass is 10.2. The summed E-state index contributed by atoms with van der Waals surface area (Å²) in [7, 11) is 0. The first kappa shape index (κ1) is 12.5. The number of nitrogens with one attached hydrogen (secondary N) is 2. The molecule has 2 heterocycles. The van der Waals surface area contributed by atoms with Gasteiger partial charge in [0.15, 0.2) is 0 Å². The summed E-state index contributed by atoms with van der Waals surface area (Å²) in [5.41, 5.74) is 0. The Morgan fingerprint density at radius 1 is 1.71 bits per heavy atom. The van der Waals surface area contributed by atoms with Gasteiger partial charge in [-0.1, -0.05) is 6.07 Å². The van der Waals surface area contributed by atoms with Crippen molar-refractivity contribution in [3.05, 3.63) is 22.4 Å². The van der Waals surface area contributed by atoms with Crippen LogP contribution >= 0.6 is 11.3 Å². The lowest BCUT2D eigenvalue weighted by Crippen LogP contribution is -2.52. The Kier molecular flexibility index (Phi) is 4.53. The van der Waals surface area contributed by atoms with E-state index in [0.29, 0.717) is 19.1 Å². The predicted octanol–water partition coefficient (Wildman–Crippen LogP) is 0.658. The molecule has 94 valence electrons. The number of carbonyl (C=O) groups is 1. The summed E-state index contributed by atoms with van der Waals surface area (Å²) in [6.45, 7) is 6.21. The van der Waals surface area contributed by atoms with E-state index in [1.807, 2.05) is 17.5 Å². The SMILES string of the molecule is CC1CNCCN1CC(=O)NCc1cccs1. The molecule has 0 aromatic carbocycles. The molecule has 1 aliphatic rings. The second-order valence-electron chi connectivity index (χ2n) is 4.38. The van der Waals surface area contributed by atoms with Gasteiger partial charge in [-0.25, -0.2) is 0 Å². The van der Waals surface area contributed by atoms with Crippen molar-refractivity contribution in [2.45, 2.75) is 19.5 Å². The average Bonchev–Trinajstić information content (AvgIpc) is 2.82. The number of hydrogen-bond donors (Lipinski definition) is 2. The molecule has 0 spiro atoms. The van der Waals surface area contributed by atoms with E-state index >= 15 is 0 Å². The Labute approximate surface area is 106 Å². The van der Waals surface area contributed by atoms with Crippen LogP contribution in [0.2, 0.25) is 0 Å². The highest BCUT2D eigenvalue weighted by Gasteiger charge is 2.19. The molecule has 1 aromatic rings. The predicted molar refractivity (Wildman–Crippen MR) is 70.1 cm³/mol. The molecule has 0 radical (unpaired) electrons. The van der Waals surface area contributed by atoms with Crippen LogP contribution in [0.25, 0.3) is 0 Å². The van der Waals surface area contributed by atoms with Crippen molar-refractivity contribution in [1.29, 1.82) is 0 Å². The molecule has 1 unspecified atom stereocenters. The third-order valence-corrected chi connectivity index (χ3v) is 3.90. The van der Waals surface area contributed by atoms with Crippen LogP contribution in [0.3, 0.4) is 0 Å². The van der Waals surface area contributed by atoms with E-state index in [0.717, 1.165) is 19.6 Å². The van der Waals surface area contributed by atoms with Crippen molar-refractivity contribution in [3.63, 3.8) is 0 Å². The highest BCUT2D eigenvalue weighted by Crippen LogP contribution is 2.07. The maximum absolute atomic E-state index is 11.8. The van der Waals surface area contributed by atoms with Crippen LogP contribution in [0.5, 0.6) is 0 Å². The van der Waals surface area contributed by atoms with Crippen molar-refractivity contribution < 1.29 is 4.79 Å². The number of rotatable bonds is 4. The third kappa shape index (κ3) is 3.80. The molecule has 1 atom stereocenters. The van der Waals surface area contributed by atoms with E-state index in [2.05, 4.69) is 22.5 Å². The fourth-order valence-corrected chi connectivity index (χ4v) is 2.60. The van der Waals surface area contributed by atoms with Crippen molar-refractivity contribution in [2.75, 3.05) is 26.2 Å². The second kappa shape index (κ2) is 6.14. The van der Waals surface area contributed by atoms with E-state index in [1.165, 1.54) is 4.88 Å². The molecule has 0 aliphatic carbocycles. The molecule has 0 saturated carbocycles. The highest BCUT2D eigenvalue weighted by molar-refractivity contribution is 7.09. The van der Waals surface area contributed by atoms with Gasteiger partial charge in [0.05, 0.1) is 13.1 Å². The number of piperazine rings is 1. The number of amides is 1. The topological polar surface area (TPSA) is 44.4 Å². The smallest absolute Gasteiger partial charge is 0.234 e.